The van der Waals surface area contributed by atoms with Crippen molar-refractivity contribution in [3.63, 3.8) is 0 Å². The van der Waals surface area contributed by atoms with E-state index < -0.39 is 82.7 Å². The molecular weight excluding hydrogens is 760 g/mol. The number of hydrogen-bond acceptors (Lipinski definition) is 13. The number of aromatic hydroxyl groups is 1. The van der Waals surface area contributed by atoms with Gasteiger partial charge in [-0.1, -0.05) is 58.1 Å². The van der Waals surface area contributed by atoms with Crippen molar-refractivity contribution >= 4 is 45.2 Å². The van der Waals surface area contributed by atoms with Gasteiger partial charge in [-0.25, -0.2) is 4.98 Å². The average molecular weight is 813 g/mol. The average Bonchev–Trinajstić information content (AvgIpc) is 3.46. The first-order valence-electron chi connectivity index (χ1n) is 19.6. The first-order chi connectivity index (χ1) is 27.7. The number of esters is 1. The Hall–Kier alpha value is -5.57. The third-order valence-corrected chi connectivity index (χ3v) is 11.9. The normalized spacial score (nSPS) is 30.2. The van der Waals surface area contributed by atoms with Crippen molar-refractivity contribution in [1.82, 2.24) is 4.98 Å². The molecule has 0 radical (unpaired) electrons. The summed E-state index contributed by atoms with van der Waals surface area (Å²) in [5.41, 5.74) is 1.30. The van der Waals surface area contributed by atoms with E-state index in [0.717, 1.165) is 5.56 Å². The Labute approximate surface area is 341 Å². The number of ether oxygens (including phenoxy) is 4. The van der Waals surface area contributed by atoms with Gasteiger partial charge in [0.15, 0.2) is 11.3 Å². The van der Waals surface area contributed by atoms with E-state index in [9.17, 15) is 34.5 Å². The van der Waals surface area contributed by atoms with E-state index in [1.54, 1.807) is 39.8 Å². The van der Waals surface area contributed by atoms with Crippen LogP contribution in [0.1, 0.15) is 75.5 Å². The fourth-order valence-corrected chi connectivity index (χ4v) is 8.14. The molecule has 2 aromatic rings. The monoisotopic (exact) mass is 812 g/mol. The summed E-state index contributed by atoms with van der Waals surface area (Å²) in [6.07, 6.45) is 3.67. The second-order valence-electron chi connectivity index (χ2n) is 16.1. The molecule has 59 heavy (non-hydrogen) atoms. The topological polar surface area (TPSA) is 204 Å². The number of nitrogens with one attached hydrogen (secondary N) is 1. The second-order valence-corrected chi connectivity index (χ2v) is 16.1. The lowest BCUT2D eigenvalue weighted by atomic mass is 9.78. The minimum atomic E-state index is -2.02. The molecular formula is C45H52N2O12. The van der Waals surface area contributed by atoms with Crippen molar-refractivity contribution in [2.75, 3.05) is 12.4 Å². The number of aliphatic hydroxyl groups excluding tert-OH is 2. The van der Waals surface area contributed by atoms with Crippen LogP contribution in [0.25, 0.3) is 33.3 Å². The SMILES string of the molecule is CO[C@H]1/C=C/O[C@@]2(C)Oc3c(C)c(O)c4c(=O)c(c5oc6c(C)ccc(C)c6nc-5c4c3C2=O)NC(=O)/C(C)=C\C=C\[C@H](C)[C@H](O)[C@@H](C)[C@@H](O)[C@@H](C)[C@H](OC(C)=O)[C@@H]1C. The number of aliphatic hydroxyl groups is 2. The Kier molecular flexibility index (Phi) is 11.8. The molecule has 0 aromatic heterocycles. The number of carbonyl (C=O) groups excluding carboxylic acids is 3. The van der Waals surface area contributed by atoms with E-state index in [1.807, 2.05) is 26.0 Å². The van der Waals surface area contributed by atoms with Gasteiger partial charge in [0.2, 0.25) is 5.43 Å². The smallest absolute Gasteiger partial charge is 0.312 e. The van der Waals surface area contributed by atoms with Crippen molar-refractivity contribution in [3.8, 4) is 23.0 Å². The van der Waals surface area contributed by atoms with Gasteiger partial charge in [0.05, 0.1) is 35.5 Å². The molecule has 0 spiro atoms. The largest absolute Gasteiger partial charge is 0.507 e. The van der Waals surface area contributed by atoms with Crippen molar-refractivity contribution in [1.29, 1.82) is 0 Å². The molecule has 2 aromatic carbocycles. The van der Waals surface area contributed by atoms with Crippen molar-refractivity contribution < 1.29 is 53.1 Å². The fourth-order valence-electron chi connectivity index (χ4n) is 8.14. The highest BCUT2D eigenvalue weighted by Gasteiger charge is 2.50. The van der Waals surface area contributed by atoms with E-state index in [-0.39, 0.29) is 50.4 Å². The zero-order valence-corrected chi connectivity index (χ0v) is 35.1. The third kappa shape index (κ3) is 7.49. The number of aromatic nitrogens is 1. The first-order valence-corrected chi connectivity index (χ1v) is 19.6. The molecule has 14 heteroatoms. The number of methoxy groups -OCH3 is 1. The van der Waals surface area contributed by atoms with Gasteiger partial charge in [-0.3, -0.25) is 19.2 Å². The van der Waals surface area contributed by atoms with E-state index in [2.05, 4.69) is 5.32 Å². The van der Waals surface area contributed by atoms with Gasteiger partial charge in [0, 0.05) is 61.2 Å². The maximum Gasteiger partial charge on any atom is 0.312 e. The minimum absolute atomic E-state index is 0.0217. The summed E-state index contributed by atoms with van der Waals surface area (Å²) in [5.74, 6) is -7.06. The van der Waals surface area contributed by atoms with Crippen molar-refractivity contribution in [2.24, 2.45) is 23.7 Å². The number of rotatable bonds is 2. The number of aryl methyl sites for hydroxylation is 2. The molecule has 9 atom stereocenters. The number of nitrogens with zero attached hydrogens (tertiary/aromatic N) is 1. The molecule has 3 aliphatic heterocycles. The standard InChI is InChI=1S/C45H52N2O12/c1-19-15-16-21(3)39-32(19)46-33-29-30-37(51)26(8)41-31(29)43(53)45(10,59-41)56-18-17-28(55-11)23(5)40(57-27(9)48)25(7)36(50)24(6)35(49)20(2)13-12-14-22(4)44(54)47-34(38(30)52)42(33)58-39/h12-18,20,23-25,28,35-36,40,49-51H,1-11H3,(H,47,54)/b13-12+,18-17+,22-14-/t20-,23+,24+,25+,28-,35-,36+,40+,45-/m0/s1. The summed E-state index contributed by atoms with van der Waals surface area (Å²) in [5, 5.41) is 37.0. The Bertz CT molecular complexity index is 2480. The van der Waals surface area contributed by atoms with Crippen LogP contribution < -0.4 is 15.5 Å². The number of anilines is 1. The summed E-state index contributed by atoms with van der Waals surface area (Å²) in [6, 6.07) is 3.69. The summed E-state index contributed by atoms with van der Waals surface area (Å²) in [6.45, 7) is 16.3. The maximum absolute atomic E-state index is 14.6. The molecule has 4 bridgehead atoms. The van der Waals surface area contributed by atoms with Crippen LogP contribution in [0.4, 0.5) is 5.69 Å². The molecule has 1 aliphatic carbocycles. The van der Waals surface area contributed by atoms with E-state index in [0.29, 0.717) is 16.7 Å². The number of carbonyl (C=O) groups is 3. The van der Waals surface area contributed by atoms with Gasteiger partial charge in [0.1, 0.15) is 34.5 Å². The summed E-state index contributed by atoms with van der Waals surface area (Å²) >= 11 is 0. The Morgan fingerprint density at radius 3 is 2.27 bits per heavy atom. The van der Waals surface area contributed by atoms with Crippen LogP contribution in [0.15, 0.2) is 57.5 Å². The predicted molar refractivity (Wildman–Crippen MR) is 220 cm³/mol. The van der Waals surface area contributed by atoms with E-state index in [4.69, 9.17) is 28.3 Å². The second kappa shape index (κ2) is 16.2. The lowest BCUT2D eigenvalue weighted by molar-refractivity contribution is -0.160. The first kappa shape index (κ1) is 43.0. The number of hydrogen-bond donors (Lipinski definition) is 4. The van der Waals surface area contributed by atoms with Crippen molar-refractivity contribution in [3.05, 3.63) is 80.7 Å². The van der Waals surface area contributed by atoms with Crippen LogP contribution in [0.3, 0.4) is 0 Å². The molecule has 6 rings (SSSR count). The Morgan fingerprint density at radius 1 is 0.932 bits per heavy atom. The molecule has 14 nitrogen and oxygen atoms in total. The molecule has 3 heterocycles. The number of phenols is 1. The highest BCUT2D eigenvalue weighted by atomic mass is 16.7. The third-order valence-electron chi connectivity index (χ3n) is 11.9. The van der Waals surface area contributed by atoms with Crippen LogP contribution in [0.2, 0.25) is 0 Å². The number of allylic oxidation sites excluding steroid dienone is 2. The van der Waals surface area contributed by atoms with Gasteiger partial charge in [-0.05, 0) is 44.9 Å². The summed E-state index contributed by atoms with van der Waals surface area (Å²) in [4.78, 5) is 60.4. The van der Waals surface area contributed by atoms with Crippen LogP contribution in [-0.2, 0) is 23.8 Å². The molecule has 0 fully saturated rings. The number of benzene rings is 3. The fraction of sp³-hybridized carbons (Fsp3) is 0.444. The van der Waals surface area contributed by atoms with Gasteiger partial charge in [-0.15, -0.1) is 0 Å². The molecule has 1 amide bonds. The highest BCUT2D eigenvalue weighted by molar-refractivity contribution is 6.22. The molecule has 4 N–H and O–H groups in total. The van der Waals surface area contributed by atoms with Gasteiger partial charge in [-0.2, -0.15) is 0 Å². The van der Waals surface area contributed by atoms with Crippen LogP contribution >= 0.6 is 0 Å². The quantitative estimate of drug-likeness (QED) is 0.0963. The molecule has 0 saturated carbocycles. The Balaban J connectivity index is 1.60. The number of Topliss-reactive ketones (excluding diaryl/α,β-unsaturated/α-hetero) is 1. The zero-order valence-electron chi connectivity index (χ0n) is 35.1. The number of amides is 1. The van der Waals surface area contributed by atoms with Gasteiger partial charge in [0.25, 0.3) is 11.7 Å². The van der Waals surface area contributed by atoms with E-state index >= 15 is 0 Å². The lowest BCUT2D eigenvalue weighted by Gasteiger charge is -2.38. The highest BCUT2D eigenvalue weighted by Crippen LogP contribution is 2.50. The van der Waals surface area contributed by atoms with Gasteiger partial charge >= 0.3 is 11.8 Å². The molecule has 0 unspecified atom stereocenters. The van der Waals surface area contributed by atoms with Crippen molar-refractivity contribution in [2.45, 2.75) is 99.4 Å². The van der Waals surface area contributed by atoms with Crippen LogP contribution in [0, 0.1) is 44.4 Å². The van der Waals surface area contributed by atoms with Gasteiger partial charge < -0.3 is 44.0 Å². The Morgan fingerprint density at radius 2 is 1.61 bits per heavy atom. The molecule has 0 saturated heterocycles. The molecule has 4 aliphatic rings. The number of fused-ring (bicyclic) bond motifs is 2. The molecule has 314 valence electrons. The van der Waals surface area contributed by atoms with Crippen LogP contribution in [-0.4, -0.2) is 75.3 Å². The summed E-state index contributed by atoms with van der Waals surface area (Å²) < 4.78 is 30.3. The summed E-state index contributed by atoms with van der Waals surface area (Å²) in [7, 11) is 1.45. The lowest BCUT2D eigenvalue weighted by Crippen LogP contribution is -2.46. The minimum Gasteiger partial charge on any atom is -0.507 e. The number of ketones is 1. The maximum atomic E-state index is 14.6. The predicted octanol–water partition coefficient (Wildman–Crippen LogP) is 6.57. The van der Waals surface area contributed by atoms with Crippen LogP contribution in [0.5, 0.6) is 11.5 Å². The zero-order chi connectivity index (χ0) is 43.4. The van der Waals surface area contributed by atoms with E-state index in [1.165, 1.54) is 53.2 Å². The number of phenolic OH excluding ortho intramolecular Hbond substituents is 1.